The molecule has 1 amide bonds. The third-order valence-corrected chi connectivity index (χ3v) is 4.34. The van der Waals surface area contributed by atoms with Gasteiger partial charge >= 0.3 is 5.97 Å². The van der Waals surface area contributed by atoms with Crippen LogP contribution in [0.4, 0.5) is 5.69 Å². The van der Waals surface area contributed by atoms with E-state index < -0.39 is 16.8 Å². The van der Waals surface area contributed by atoms with E-state index in [9.17, 15) is 24.8 Å². The van der Waals surface area contributed by atoms with Crippen molar-refractivity contribution in [1.29, 1.82) is 0 Å². The molecule has 1 aromatic carbocycles. The smallest absolute Gasteiger partial charge is 0.334 e. The summed E-state index contributed by atoms with van der Waals surface area (Å²) in [5.74, 6) is -1.83. The van der Waals surface area contributed by atoms with Crippen molar-refractivity contribution in [3.8, 4) is 0 Å². The second-order valence-corrected chi connectivity index (χ2v) is 6.37. The molecular formula is C18H21N3O5. The van der Waals surface area contributed by atoms with Crippen LogP contribution in [0.3, 0.4) is 0 Å². The summed E-state index contributed by atoms with van der Waals surface area (Å²) in [7, 11) is 0. The fraction of sp³-hybridized carbons (Fsp3) is 0.333. The van der Waals surface area contributed by atoms with Crippen LogP contribution in [0.15, 0.2) is 46.9 Å². The number of hydrogen-bond donors (Lipinski definition) is 2. The van der Waals surface area contributed by atoms with Gasteiger partial charge in [0.1, 0.15) is 0 Å². The number of dihydropyridines is 1. The molecule has 1 atom stereocenters. The number of nitro benzene ring substituents is 1. The molecule has 0 saturated heterocycles. The minimum absolute atomic E-state index is 0.0846. The van der Waals surface area contributed by atoms with E-state index >= 15 is 0 Å². The summed E-state index contributed by atoms with van der Waals surface area (Å²) in [4.78, 5) is 35.5. The van der Waals surface area contributed by atoms with Crippen LogP contribution in [0.25, 0.3) is 0 Å². The number of amides is 1. The zero-order valence-corrected chi connectivity index (χ0v) is 15.0. The van der Waals surface area contributed by atoms with E-state index in [-0.39, 0.29) is 17.3 Å². The van der Waals surface area contributed by atoms with Gasteiger partial charge in [0.25, 0.3) is 5.69 Å². The maximum atomic E-state index is 11.9. The lowest BCUT2D eigenvalue weighted by Crippen LogP contribution is -2.39. The number of nitro groups is 1. The molecule has 0 saturated carbocycles. The van der Waals surface area contributed by atoms with Crippen molar-refractivity contribution < 1.29 is 19.6 Å². The van der Waals surface area contributed by atoms with E-state index in [1.54, 1.807) is 13.8 Å². The minimum atomic E-state index is -1.11. The second kappa shape index (κ2) is 7.38. The lowest BCUT2D eigenvalue weighted by atomic mass is 9.83. The summed E-state index contributed by atoms with van der Waals surface area (Å²) in [6.45, 7) is 7.08. The molecule has 0 bridgehead atoms. The van der Waals surface area contributed by atoms with Gasteiger partial charge in [0.15, 0.2) is 0 Å². The van der Waals surface area contributed by atoms with Crippen LogP contribution in [0.5, 0.6) is 0 Å². The first-order valence-corrected chi connectivity index (χ1v) is 8.08. The summed E-state index contributed by atoms with van der Waals surface area (Å²) < 4.78 is 0. The van der Waals surface area contributed by atoms with Crippen LogP contribution in [-0.4, -0.2) is 33.4 Å². The molecular weight excluding hydrogens is 338 g/mol. The number of carbonyl (C=O) groups excluding carboxylic acids is 1. The molecule has 1 aliphatic rings. The number of rotatable bonds is 6. The van der Waals surface area contributed by atoms with Gasteiger partial charge in [0.2, 0.25) is 6.41 Å². The quantitative estimate of drug-likeness (QED) is 0.459. The molecule has 1 unspecified atom stereocenters. The van der Waals surface area contributed by atoms with Crippen molar-refractivity contribution in [3.05, 3.63) is 62.6 Å². The monoisotopic (exact) mass is 359 g/mol. The summed E-state index contributed by atoms with van der Waals surface area (Å²) in [5.41, 5.74) is 2.24. The van der Waals surface area contributed by atoms with Gasteiger partial charge < -0.3 is 15.3 Å². The van der Waals surface area contributed by atoms with Crippen LogP contribution in [0, 0.1) is 10.1 Å². The molecule has 2 rings (SSSR count). The van der Waals surface area contributed by atoms with Crippen molar-refractivity contribution in [2.24, 2.45) is 0 Å². The molecule has 1 aliphatic heterocycles. The fourth-order valence-corrected chi connectivity index (χ4v) is 3.18. The van der Waals surface area contributed by atoms with Crippen molar-refractivity contribution in [2.75, 3.05) is 0 Å². The molecule has 0 spiro atoms. The summed E-state index contributed by atoms with van der Waals surface area (Å²) in [6.07, 6.45) is 0.670. The molecule has 0 aromatic heterocycles. The Morgan fingerprint density at radius 3 is 2.27 bits per heavy atom. The number of benzene rings is 1. The van der Waals surface area contributed by atoms with Gasteiger partial charge in [-0.3, -0.25) is 14.9 Å². The Labute approximate surface area is 151 Å². The lowest BCUT2D eigenvalue weighted by molar-refractivity contribution is -0.384. The van der Waals surface area contributed by atoms with Gasteiger partial charge in [-0.2, -0.15) is 0 Å². The Kier molecular flexibility index (Phi) is 5.44. The predicted octanol–water partition coefficient (Wildman–Crippen LogP) is 2.74. The van der Waals surface area contributed by atoms with E-state index in [0.717, 1.165) is 0 Å². The minimum Gasteiger partial charge on any atom is -0.478 e. The molecule has 0 fully saturated rings. The van der Waals surface area contributed by atoms with Gasteiger partial charge in [0.05, 0.1) is 22.1 Å². The molecule has 26 heavy (non-hydrogen) atoms. The normalized spacial score (nSPS) is 17.2. The number of allylic oxidation sites excluding steroid dienone is 3. The number of nitrogens with one attached hydrogen (secondary N) is 1. The summed E-state index contributed by atoms with van der Waals surface area (Å²) in [5, 5.41) is 23.7. The molecule has 0 aliphatic carbocycles. The molecule has 8 heteroatoms. The maximum Gasteiger partial charge on any atom is 0.334 e. The topological polar surface area (TPSA) is 113 Å². The Balaban J connectivity index is 2.68. The molecule has 2 N–H and O–H groups in total. The van der Waals surface area contributed by atoms with Gasteiger partial charge in [-0.15, -0.1) is 0 Å². The van der Waals surface area contributed by atoms with Crippen molar-refractivity contribution >= 4 is 18.1 Å². The van der Waals surface area contributed by atoms with Crippen LogP contribution >= 0.6 is 0 Å². The highest BCUT2D eigenvalue weighted by atomic mass is 16.6. The molecule has 138 valence electrons. The zero-order chi connectivity index (χ0) is 19.6. The predicted molar refractivity (Wildman–Crippen MR) is 95.0 cm³/mol. The number of non-ortho nitro benzene ring substituents is 1. The first-order valence-electron chi connectivity index (χ1n) is 8.08. The number of carboxylic acids is 1. The fourth-order valence-electron chi connectivity index (χ4n) is 3.18. The number of nitrogens with zero attached hydrogens (tertiary/aromatic N) is 2. The van der Waals surface area contributed by atoms with E-state index in [1.165, 1.54) is 29.2 Å². The average molecular weight is 359 g/mol. The lowest BCUT2D eigenvalue weighted by Gasteiger charge is -2.37. The highest BCUT2D eigenvalue weighted by molar-refractivity contribution is 5.91. The Bertz CT molecular complexity index is 809. The van der Waals surface area contributed by atoms with E-state index in [0.29, 0.717) is 29.1 Å². The average Bonchev–Trinajstić information content (AvgIpc) is 2.56. The van der Waals surface area contributed by atoms with Crippen LogP contribution < -0.4 is 5.32 Å². The largest absolute Gasteiger partial charge is 0.478 e. The van der Waals surface area contributed by atoms with Gasteiger partial charge in [-0.25, -0.2) is 4.79 Å². The number of aliphatic carboxylic acids is 1. The van der Waals surface area contributed by atoms with Gasteiger partial charge in [-0.1, -0.05) is 12.1 Å². The number of carbonyl (C=O) groups is 2. The molecule has 1 aromatic rings. The van der Waals surface area contributed by atoms with Crippen LogP contribution in [0.2, 0.25) is 0 Å². The Morgan fingerprint density at radius 2 is 1.85 bits per heavy atom. The standard InChI is InChI=1S/C18H21N3O5/c1-10(2)20(9-22)17-12(4)19-11(3)15(18(23)24)16(17)13-5-7-14(8-6-13)21(25)26/h5-10,16,19H,1-4H3,(H,23,24). The molecule has 0 radical (unpaired) electrons. The summed E-state index contributed by atoms with van der Waals surface area (Å²) in [6, 6.07) is 5.54. The SMILES string of the molecule is CC1=C(C(=O)O)C(c2ccc([N+](=O)[O-])cc2)C(N(C=O)C(C)C)=C(C)N1. The zero-order valence-electron chi connectivity index (χ0n) is 15.0. The van der Waals surface area contributed by atoms with E-state index in [4.69, 9.17) is 0 Å². The Hall–Kier alpha value is -3.16. The van der Waals surface area contributed by atoms with Gasteiger partial charge in [-0.05, 0) is 33.3 Å². The highest BCUT2D eigenvalue weighted by Crippen LogP contribution is 2.40. The molecule has 1 heterocycles. The number of hydrogen-bond acceptors (Lipinski definition) is 5. The maximum absolute atomic E-state index is 11.9. The second-order valence-electron chi connectivity index (χ2n) is 6.37. The first kappa shape index (κ1) is 19.2. The van der Waals surface area contributed by atoms with E-state index in [1.807, 2.05) is 13.8 Å². The molecule has 8 nitrogen and oxygen atoms in total. The highest BCUT2D eigenvalue weighted by Gasteiger charge is 2.36. The Morgan fingerprint density at radius 1 is 1.27 bits per heavy atom. The van der Waals surface area contributed by atoms with Crippen LogP contribution in [0.1, 0.15) is 39.2 Å². The third kappa shape index (κ3) is 3.44. The number of carboxylic acid groups (broad SMARTS) is 1. The van der Waals surface area contributed by atoms with Crippen molar-refractivity contribution in [3.63, 3.8) is 0 Å². The van der Waals surface area contributed by atoms with Crippen molar-refractivity contribution in [1.82, 2.24) is 10.2 Å². The first-order chi connectivity index (χ1) is 12.2. The van der Waals surface area contributed by atoms with Crippen LogP contribution in [-0.2, 0) is 9.59 Å². The van der Waals surface area contributed by atoms with E-state index in [2.05, 4.69) is 5.32 Å². The summed E-state index contributed by atoms with van der Waals surface area (Å²) >= 11 is 0. The third-order valence-electron chi connectivity index (χ3n) is 4.34. The van der Waals surface area contributed by atoms with Crippen molar-refractivity contribution in [2.45, 2.75) is 39.7 Å². The van der Waals surface area contributed by atoms with Gasteiger partial charge in [0, 0.05) is 29.6 Å².